The van der Waals surface area contributed by atoms with Gasteiger partial charge in [0.25, 0.3) is 0 Å². The molecule has 16 heteroatoms. The Balaban J connectivity index is 0.000000221. The second-order valence-corrected chi connectivity index (χ2v) is 18.6. The van der Waals surface area contributed by atoms with Crippen LogP contribution in [-0.4, -0.2) is 70.7 Å². The number of nitrogens with two attached hydrogens (primary N) is 3. The first-order valence-electron chi connectivity index (χ1n) is 23.2. The molecule has 70 heavy (non-hydrogen) atoms. The van der Waals surface area contributed by atoms with E-state index in [0.29, 0.717) is 34.7 Å². The second kappa shape index (κ2) is 26.7. The molecule has 0 atom stereocenters. The lowest BCUT2D eigenvalue weighted by Gasteiger charge is -2.31. The van der Waals surface area contributed by atoms with Gasteiger partial charge in [-0.15, -0.1) is 0 Å². The number of para-hydroxylation sites is 3. The molecule has 3 heterocycles. The number of aromatic nitrogens is 9. The maximum absolute atomic E-state index is 5.92. The predicted octanol–water partition coefficient (Wildman–Crippen LogP) is 12.4. The molecule has 0 aliphatic carbocycles. The van der Waals surface area contributed by atoms with Crippen molar-refractivity contribution in [3.05, 3.63) is 152 Å². The van der Waals surface area contributed by atoms with Gasteiger partial charge in [-0.25, -0.2) is 4.98 Å². The van der Waals surface area contributed by atoms with Gasteiger partial charge in [-0.05, 0) is 48.2 Å². The first-order chi connectivity index (χ1) is 33.5. The van der Waals surface area contributed by atoms with Crippen LogP contribution in [0.25, 0.3) is 22.8 Å². The summed E-state index contributed by atoms with van der Waals surface area (Å²) in [6, 6.07) is 49.2. The molecule has 0 saturated carbocycles. The SMILES string of the molecule is CC.CC.CN(c1ccccc1)c1nc(N)nc(N(C)c2ccccc2)n1.CN(c1ccccc1)c1nc(N)nc(SC(C)(C)CC(C)(C)C)n1.Nc1nc(-c2ccccc2)nc(-c2ccccc2)n1. The van der Waals surface area contributed by atoms with Gasteiger partial charge in [-0.1, -0.05) is 189 Å². The fourth-order valence-electron chi connectivity index (χ4n) is 6.91. The van der Waals surface area contributed by atoms with Gasteiger partial charge in [0, 0.05) is 54.1 Å². The van der Waals surface area contributed by atoms with E-state index in [4.69, 9.17) is 17.2 Å². The molecule has 0 fully saturated rings. The van der Waals surface area contributed by atoms with Crippen molar-refractivity contribution in [2.75, 3.05) is 53.0 Å². The topological polar surface area (TPSA) is 204 Å². The Morgan fingerprint density at radius 3 is 1.03 bits per heavy atom. The highest BCUT2D eigenvalue weighted by atomic mass is 32.2. The second-order valence-electron chi connectivity index (χ2n) is 16.9. The number of hydrogen-bond donors (Lipinski definition) is 3. The zero-order valence-electron chi connectivity index (χ0n) is 42.6. The summed E-state index contributed by atoms with van der Waals surface area (Å²) in [5.41, 5.74) is 22.6. The highest BCUT2D eigenvalue weighted by Gasteiger charge is 2.28. The number of rotatable bonds is 11. The van der Waals surface area contributed by atoms with Crippen LogP contribution in [0.5, 0.6) is 0 Å². The maximum atomic E-state index is 5.92. The van der Waals surface area contributed by atoms with Gasteiger partial charge in [0.2, 0.25) is 35.7 Å². The fourth-order valence-corrected chi connectivity index (χ4v) is 8.18. The Bertz CT molecular complexity index is 2620. The van der Waals surface area contributed by atoms with Crippen molar-refractivity contribution in [3.63, 3.8) is 0 Å². The van der Waals surface area contributed by atoms with Crippen molar-refractivity contribution < 1.29 is 0 Å². The third-order valence-electron chi connectivity index (χ3n) is 9.62. The molecule has 0 amide bonds. The van der Waals surface area contributed by atoms with Crippen LogP contribution >= 0.6 is 11.8 Å². The normalized spacial score (nSPS) is 10.6. The molecule has 0 radical (unpaired) electrons. The lowest BCUT2D eigenvalue weighted by molar-refractivity contribution is 0.339. The predicted molar refractivity (Wildman–Crippen MR) is 294 cm³/mol. The van der Waals surface area contributed by atoms with E-state index in [1.165, 1.54) is 0 Å². The summed E-state index contributed by atoms with van der Waals surface area (Å²) in [6.45, 7) is 19.1. The van der Waals surface area contributed by atoms with Gasteiger partial charge in [-0.3, -0.25) is 0 Å². The molecular weight excluding hydrogens is 891 g/mol. The zero-order valence-corrected chi connectivity index (χ0v) is 43.5. The first-order valence-corrected chi connectivity index (χ1v) is 24.1. The summed E-state index contributed by atoms with van der Waals surface area (Å²) < 4.78 is 0.00856. The smallest absolute Gasteiger partial charge is 0.236 e. The molecule has 0 saturated heterocycles. The Morgan fingerprint density at radius 1 is 0.386 bits per heavy atom. The highest BCUT2D eigenvalue weighted by molar-refractivity contribution is 8.00. The lowest BCUT2D eigenvalue weighted by atomic mass is 9.86. The van der Waals surface area contributed by atoms with Crippen LogP contribution in [0.15, 0.2) is 157 Å². The summed E-state index contributed by atoms with van der Waals surface area (Å²) in [5.74, 6) is 3.41. The average molecular weight is 960 g/mol. The van der Waals surface area contributed by atoms with Crippen LogP contribution in [0.2, 0.25) is 0 Å². The Kier molecular flexibility index (Phi) is 21.0. The molecule has 8 aromatic rings. The standard InChI is InChI=1S/C18H27N5S.C17H18N6.C15H12N4.2C2H6/c1-17(2,3)12-18(4,5)24-16-21-14(19)20-15(22-16)23(6)13-10-8-7-9-11-13;1-22(13-9-5-3-6-10-13)16-19-15(18)20-17(21-16)23(2)14-11-7-4-8-12-14;16-15-18-13(11-7-3-1-4-8-11)17-14(19-15)12-9-5-2-6-10-12;2*1-2/h7-11H,12H2,1-6H3,(H2,19,20,21,22);3-12H,1-2H3,(H2,18,19,20,21);1-10H,(H2,16,17,18,19);2*1-2H3. The van der Waals surface area contributed by atoms with Crippen molar-refractivity contribution in [2.24, 2.45) is 5.41 Å². The van der Waals surface area contributed by atoms with Gasteiger partial charge >= 0.3 is 0 Å². The van der Waals surface area contributed by atoms with Crippen molar-refractivity contribution in [1.29, 1.82) is 0 Å². The maximum Gasteiger partial charge on any atom is 0.236 e. The van der Waals surface area contributed by atoms with E-state index in [1.54, 1.807) is 11.8 Å². The van der Waals surface area contributed by atoms with Crippen LogP contribution in [0.1, 0.15) is 68.7 Å². The van der Waals surface area contributed by atoms with Gasteiger partial charge in [-0.2, -0.15) is 39.9 Å². The molecule has 0 unspecified atom stereocenters. The summed E-state index contributed by atoms with van der Waals surface area (Å²) >= 11 is 1.64. The van der Waals surface area contributed by atoms with Crippen LogP contribution in [0, 0.1) is 5.41 Å². The number of anilines is 9. The fraction of sp³-hybridized carbons (Fsp3) is 0.278. The molecule has 8 rings (SSSR count). The van der Waals surface area contributed by atoms with Gasteiger partial charge in [0.05, 0.1) is 0 Å². The minimum atomic E-state index is 0.00856. The van der Waals surface area contributed by atoms with Gasteiger partial charge in [0.15, 0.2) is 16.8 Å². The van der Waals surface area contributed by atoms with E-state index in [9.17, 15) is 0 Å². The number of nitrogen functional groups attached to an aromatic ring is 3. The Labute approximate surface area is 419 Å². The Hall–Kier alpha value is -7.72. The van der Waals surface area contributed by atoms with Gasteiger partial charge < -0.3 is 31.9 Å². The number of hydrogen-bond acceptors (Lipinski definition) is 16. The molecule has 6 N–H and O–H groups in total. The highest BCUT2D eigenvalue weighted by Crippen LogP contribution is 2.40. The molecule has 15 nitrogen and oxygen atoms in total. The minimum absolute atomic E-state index is 0.00856. The summed E-state index contributed by atoms with van der Waals surface area (Å²) in [4.78, 5) is 44.7. The third kappa shape index (κ3) is 17.1. The summed E-state index contributed by atoms with van der Waals surface area (Å²) in [7, 11) is 5.73. The van der Waals surface area contributed by atoms with Crippen molar-refractivity contribution in [3.8, 4) is 22.8 Å². The monoisotopic (exact) mass is 960 g/mol. The third-order valence-corrected chi connectivity index (χ3v) is 10.7. The lowest BCUT2D eigenvalue weighted by Crippen LogP contribution is -2.24. The van der Waals surface area contributed by atoms with E-state index in [-0.39, 0.29) is 28.0 Å². The first kappa shape index (κ1) is 54.9. The molecule has 0 bridgehead atoms. The van der Waals surface area contributed by atoms with E-state index in [2.05, 4.69) is 79.5 Å². The zero-order chi connectivity index (χ0) is 51.3. The van der Waals surface area contributed by atoms with Crippen LogP contribution < -0.4 is 31.9 Å². The van der Waals surface area contributed by atoms with Crippen molar-refractivity contribution >= 4 is 64.5 Å². The largest absolute Gasteiger partial charge is 0.368 e. The van der Waals surface area contributed by atoms with E-state index in [1.807, 2.05) is 215 Å². The molecular formula is C54H69N15S. The molecule has 0 aliphatic rings. The summed E-state index contributed by atoms with van der Waals surface area (Å²) in [6.07, 6.45) is 1.04. The number of benzene rings is 5. The molecule has 0 spiro atoms. The van der Waals surface area contributed by atoms with Gasteiger partial charge in [0.1, 0.15) is 0 Å². The van der Waals surface area contributed by atoms with E-state index in [0.717, 1.165) is 34.6 Å². The minimum Gasteiger partial charge on any atom is -0.368 e. The van der Waals surface area contributed by atoms with Crippen molar-refractivity contribution in [2.45, 2.75) is 78.6 Å². The number of thioether (sulfide) groups is 1. The van der Waals surface area contributed by atoms with Crippen LogP contribution in [0.3, 0.4) is 0 Å². The quantitative estimate of drug-likeness (QED) is 0.103. The van der Waals surface area contributed by atoms with Crippen molar-refractivity contribution in [1.82, 2.24) is 44.9 Å². The van der Waals surface area contributed by atoms with E-state index >= 15 is 0 Å². The van der Waals surface area contributed by atoms with E-state index < -0.39 is 0 Å². The molecule has 366 valence electrons. The molecule has 5 aromatic carbocycles. The number of nitrogens with zero attached hydrogens (tertiary/aromatic N) is 12. The molecule has 0 aliphatic heterocycles. The van der Waals surface area contributed by atoms with Crippen LogP contribution in [-0.2, 0) is 0 Å². The molecule has 3 aromatic heterocycles. The summed E-state index contributed by atoms with van der Waals surface area (Å²) in [5, 5.41) is 0.662. The van der Waals surface area contributed by atoms with Crippen LogP contribution in [0.4, 0.5) is 52.8 Å². The Morgan fingerprint density at radius 2 is 0.686 bits per heavy atom. The average Bonchev–Trinajstić information content (AvgIpc) is 3.37.